The Morgan fingerprint density at radius 3 is 2.68 bits per heavy atom. The molecule has 0 radical (unpaired) electrons. The molecule has 28 heavy (non-hydrogen) atoms. The second-order valence-electron chi connectivity index (χ2n) is 7.00. The molecule has 0 saturated carbocycles. The van der Waals surface area contributed by atoms with Crippen LogP contribution in [0.4, 0.5) is 17.6 Å². The lowest BCUT2D eigenvalue weighted by molar-refractivity contribution is 0.0973. The van der Waals surface area contributed by atoms with Gasteiger partial charge in [0.15, 0.2) is 11.5 Å². The quantitative estimate of drug-likeness (QED) is 0.760. The molecular formula is C18H20N8O2. The van der Waals surface area contributed by atoms with Crippen molar-refractivity contribution in [2.24, 2.45) is 0 Å². The van der Waals surface area contributed by atoms with E-state index < -0.39 is 0 Å². The lowest BCUT2D eigenvalue weighted by Crippen LogP contribution is -2.43. The van der Waals surface area contributed by atoms with E-state index in [2.05, 4.69) is 25.8 Å². The number of aromatic nitrogens is 4. The van der Waals surface area contributed by atoms with Gasteiger partial charge in [-0.3, -0.25) is 0 Å². The van der Waals surface area contributed by atoms with Gasteiger partial charge in [0, 0.05) is 37.8 Å². The van der Waals surface area contributed by atoms with E-state index in [0.717, 1.165) is 43.3 Å². The summed E-state index contributed by atoms with van der Waals surface area (Å²) in [5.41, 5.74) is 7.45. The Hall–Kier alpha value is -3.03. The van der Waals surface area contributed by atoms with Crippen molar-refractivity contribution in [3.8, 4) is 17.5 Å². The van der Waals surface area contributed by atoms with Crippen LogP contribution in [0.15, 0.2) is 6.20 Å². The molecule has 2 fully saturated rings. The van der Waals surface area contributed by atoms with Crippen LogP contribution in [0.2, 0.25) is 0 Å². The van der Waals surface area contributed by atoms with Gasteiger partial charge in [0.1, 0.15) is 17.7 Å². The van der Waals surface area contributed by atoms with Crippen molar-refractivity contribution in [3.63, 3.8) is 0 Å². The molecule has 0 aromatic carbocycles. The number of anilines is 3. The van der Waals surface area contributed by atoms with E-state index in [1.807, 2.05) is 0 Å². The Morgan fingerprint density at radius 1 is 1.07 bits per heavy atom. The lowest BCUT2D eigenvalue weighted by atomic mass is 10.1. The molecule has 10 nitrogen and oxygen atoms in total. The van der Waals surface area contributed by atoms with Crippen LogP contribution in [0.1, 0.15) is 11.3 Å². The summed E-state index contributed by atoms with van der Waals surface area (Å²) in [5, 5.41) is 9.50. The van der Waals surface area contributed by atoms with Crippen LogP contribution in [-0.4, -0.2) is 72.0 Å². The first-order chi connectivity index (χ1) is 13.7. The highest BCUT2D eigenvalue weighted by molar-refractivity contribution is 5.72. The van der Waals surface area contributed by atoms with E-state index in [4.69, 9.17) is 25.2 Å². The van der Waals surface area contributed by atoms with E-state index in [-0.39, 0.29) is 17.7 Å². The number of hydrogen-bond donors (Lipinski definition) is 1. The number of nitriles is 1. The maximum atomic E-state index is 9.50. The van der Waals surface area contributed by atoms with Crippen LogP contribution < -0.4 is 15.5 Å². The molecule has 5 rings (SSSR count). The Bertz CT molecular complexity index is 953. The molecule has 0 amide bonds. The summed E-state index contributed by atoms with van der Waals surface area (Å²) in [4.78, 5) is 22.3. The maximum Gasteiger partial charge on any atom is 0.221 e. The molecule has 2 aromatic heterocycles. The zero-order valence-corrected chi connectivity index (χ0v) is 15.3. The number of nitrogens with two attached hydrogens (primary N) is 1. The number of nitrogens with zero attached hydrogens (tertiary/aromatic N) is 7. The maximum absolute atomic E-state index is 9.50. The van der Waals surface area contributed by atoms with Gasteiger partial charge >= 0.3 is 0 Å². The smallest absolute Gasteiger partial charge is 0.221 e. The van der Waals surface area contributed by atoms with Gasteiger partial charge in [0.25, 0.3) is 0 Å². The molecule has 144 valence electrons. The molecule has 2 aromatic rings. The van der Waals surface area contributed by atoms with Crippen LogP contribution >= 0.6 is 0 Å². The SMILES string of the molecule is N#Cc1nc(N)ncc1-c1nc(N2CCOCC2)c2c(n1)N1CCOCC1C2. The third-order valence-electron chi connectivity index (χ3n) is 5.37. The highest BCUT2D eigenvalue weighted by Gasteiger charge is 2.37. The van der Waals surface area contributed by atoms with Gasteiger partial charge in [-0.05, 0) is 0 Å². The van der Waals surface area contributed by atoms with Crippen LogP contribution in [0.25, 0.3) is 11.4 Å². The first-order valence-electron chi connectivity index (χ1n) is 9.35. The second kappa shape index (κ2) is 6.85. The molecular weight excluding hydrogens is 360 g/mol. The fraction of sp³-hybridized carbons (Fsp3) is 0.500. The Morgan fingerprint density at radius 2 is 1.86 bits per heavy atom. The topological polar surface area (TPSA) is 126 Å². The molecule has 1 atom stereocenters. The summed E-state index contributed by atoms with van der Waals surface area (Å²) in [6, 6.07) is 2.35. The van der Waals surface area contributed by atoms with Gasteiger partial charge in [0.2, 0.25) is 5.95 Å². The summed E-state index contributed by atoms with van der Waals surface area (Å²) in [7, 11) is 0. The molecule has 3 aliphatic heterocycles. The predicted octanol–water partition coefficient (Wildman–Crippen LogP) is -0.0146. The molecule has 1 unspecified atom stereocenters. The molecule has 2 N–H and O–H groups in total. The van der Waals surface area contributed by atoms with Crippen LogP contribution in [0, 0.1) is 11.3 Å². The van der Waals surface area contributed by atoms with Crippen molar-refractivity contribution < 1.29 is 9.47 Å². The highest BCUT2D eigenvalue weighted by atomic mass is 16.5. The summed E-state index contributed by atoms with van der Waals surface area (Å²) in [5.74, 6) is 2.32. The highest BCUT2D eigenvalue weighted by Crippen LogP contribution is 2.39. The monoisotopic (exact) mass is 380 g/mol. The molecule has 0 aliphatic carbocycles. The number of fused-ring (bicyclic) bond motifs is 3. The summed E-state index contributed by atoms with van der Waals surface area (Å²) >= 11 is 0. The molecule has 10 heteroatoms. The molecule has 5 heterocycles. The Balaban J connectivity index is 1.66. The number of morpholine rings is 2. The van der Waals surface area contributed by atoms with Crippen LogP contribution in [-0.2, 0) is 15.9 Å². The van der Waals surface area contributed by atoms with Crippen molar-refractivity contribution in [1.82, 2.24) is 19.9 Å². The average Bonchev–Trinajstić information content (AvgIpc) is 3.12. The van der Waals surface area contributed by atoms with E-state index in [0.29, 0.717) is 37.8 Å². The molecule has 3 aliphatic rings. The van der Waals surface area contributed by atoms with Crippen LogP contribution in [0.5, 0.6) is 0 Å². The standard InChI is InChI=1S/C18H20N8O2/c19-8-14-13(9-21-18(20)22-14)15-23-16(25-1-4-27-5-2-25)12-7-11-10-28-6-3-26(11)17(12)24-15/h9,11H,1-7,10H2,(H2,20,21,22). The second-order valence-corrected chi connectivity index (χ2v) is 7.00. The van der Waals surface area contributed by atoms with E-state index in [9.17, 15) is 5.26 Å². The zero-order chi connectivity index (χ0) is 19.1. The van der Waals surface area contributed by atoms with E-state index in [1.165, 1.54) is 6.20 Å². The minimum atomic E-state index is 0.0584. The van der Waals surface area contributed by atoms with Crippen LogP contribution in [0.3, 0.4) is 0 Å². The number of rotatable bonds is 2. The van der Waals surface area contributed by atoms with Crippen molar-refractivity contribution in [2.75, 3.05) is 61.6 Å². The van der Waals surface area contributed by atoms with Crippen molar-refractivity contribution in [3.05, 3.63) is 17.5 Å². The van der Waals surface area contributed by atoms with E-state index >= 15 is 0 Å². The Labute approximate surface area is 161 Å². The summed E-state index contributed by atoms with van der Waals surface area (Å²) in [6.07, 6.45) is 2.38. The van der Waals surface area contributed by atoms with Crippen molar-refractivity contribution >= 4 is 17.6 Å². The van der Waals surface area contributed by atoms with Crippen molar-refractivity contribution in [1.29, 1.82) is 5.26 Å². The predicted molar refractivity (Wildman–Crippen MR) is 101 cm³/mol. The van der Waals surface area contributed by atoms with Crippen molar-refractivity contribution in [2.45, 2.75) is 12.5 Å². The summed E-state index contributed by atoms with van der Waals surface area (Å²) < 4.78 is 11.2. The molecule has 0 spiro atoms. The molecule has 0 bridgehead atoms. The first kappa shape index (κ1) is 17.1. The third-order valence-corrected chi connectivity index (χ3v) is 5.37. The number of nitrogen functional groups attached to an aromatic ring is 1. The largest absolute Gasteiger partial charge is 0.378 e. The number of hydrogen-bond acceptors (Lipinski definition) is 10. The minimum absolute atomic E-state index is 0.0584. The van der Waals surface area contributed by atoms with Gasteiger partial charge in [-0.2, -0.15) is 5.26 Å². The third kappa shape index (κ3) is 2.80. The average molecular weight is 380 g/mol. The Kier molecular flexibility index (Phi) is 4.18. The normalized spacial score (nSPS) is 21.2. The van der Waals surface area contributed by atoms with Gasteiger partial charge in [-0.15, -0.1) is 0 Å². The first-order valence-corrected chi connectivity index (χ1v) is 9.35. The van der Waals surface area contributed by atoms with Gasteiger partial charge in [0.05, 0.1) is 38.0 Å². The van der Waals surface area contributed by atoms with Gasteiger partial charge in [-0.25, -0.2) is 19.9 Å². The zero-order valence-electron chi connectivity index (χ0n) is 15.3. The summed E-state index contributed by atoms with van der Waals surface area (Å²) in [6.45, 7) is 5.03. The lowest BCUT2D eigenvalue weighted by Gasteiger charge is -2.31. The number of ether oxygens (including phenoxy) is 2. The fourth-order valence-corrected chi connectivity index (χ4v) is 4.02. The van der Waals surface area contributed by atoms with E-state index in [1.54, 1.807) is 0 Å². The minimum Gasteiger partial charge on any atom is -0.378 e. The fourth-order valence-electron chi connectivity index (χ4n) is 4.02. The van der Waals surface area contributed by atoms with Gasteiger partial charge < -0.3 is 25.0 Å². The molecule has 2 saturated heterocycles. The van der Waals surface area contributed by atoms with Gasteiger partial charge in [-0.1, -0.05) is 0 Å².